The zero-order valence-corrected chi connectivity index (χ0v) is 19.7. The minimum absolute atomic E-state index is 0.0666. The number of benzene rings is 2. The van der Waals surface area contributed by atoms with E-state index >= 15 is 0 Å². The van der Waals surface area contributed by atoms with Gasteiger partial charge in [-0.3, -0.25) is 9.35 Å². The van der Waals surface area contributed by atoms with Crippen LogP contribution in [0.4, 0.5) is 0 Å². The molecule has 0 saturated carbocycles. The van der Waals surface area contributed by atoms with Crippen molar-refractivity contribution in [1.29, 1.82) is 0 Å². The maximum atomic E-state index is 12.4. The number of carbonyl (C=O) groups excluding carboxylic acids is 1. The standard InChI is InChI=1S/C18H20N2O3.C7H8O3S/c21-18(19-15-12-20-10-8-13(15)9-11-20)16-6-7-17(23-16)22-14-4-2-1-3-5-14;1-6-2-4-7(5-3-6)11(8,9)10/h1-7,13,15H,8-12H2,(H,19,21);2-5H,1H3,(H,8,9,10)/t15-;/m0./s1. The Hall–Kier alpha value is -3.14. The van der Waals surface area contributed by atoms with E-state index < -0.39 is 10.1 Å². The quantitative estimate of drug-likeness (QED) is 0.524. The Balaban J connectivity index is 0.000000210. The summed E-state index contributed by atoms with van der Waals surface area (Å²) in [7, 11) is -4.02. The third-order valence-electron chi connectivity index (χ3n) is 6.06. The number of nitrogens with zero attached hydrogens (tertiary/aromatic N) is 1. The molecule has 3 aromatic rings. The van der Waals surface area contributed by atoms with E-state index in [9.17, 15) is 13.2 Å². The third kappa shape index (κ3) is 6.25. The van der Waals surface area contributed by atoms with Gasteiger partial charge in [-0.05, 0) is 69.1 Å². The number of carbonyl (C=O) groups is 1. The van der Waals surface area contributed by atoms with Crippen molar-refractivity contribution in [3.8, 4) is 11.7 Å². The van der Waals surface area contributed by atoms with Crippen molar-refractivity contribution in [2.24, 2.45) is 5.92 Å². The molecular formula is C25H28N2O6S. The van der Waals surface area contributed by atoms with Gasteiger partial charge < -0.3 is 19.4 Å². The predicted molar refractivity (Wildman–Crippen MR) is 127 cm³/mol. The van der Waals surface area contributed by atoms with Crippen LogP contribution >= 0.6 is 0 Å². The molecule has 3 aliphatic heterocycles. The fourth-order valence-corrected chi connectivity index (χ4v) is 4.66. The maximum Gasteiger partial charge on any atom is 0.294 e. The topological polar surface area (TPSA) is 109 Å². The number of furan rings is 1. The molecule has 34 heavy (non-hydrogen) atoms. The summed E-state index contributed by atoms with van der Waals surface area (Å²) in [6.45, 7) is 5.11. The summed E-state index contributed by atoms with van der Waals surface area (Å²) in [4.78, 5) is 14.7. The molecule has 1 amide bonds. The minimum Gasteiger partial charge on any atom is -0.426 e. The van der Waals surface area contributed by atoms with E-state index in [0.717, 1.165) is 25.2 Å². The van der Waals surface area contributed by atoms with E-state index in [1.807, 2.05) is 37.3 Å². The van der Waals surface area contributed by atoms with E-state index in [-0.39, 0.29) is 16.8 Å². The number of nitrogens with one attached hydrogen (secondary N) is 1. The van der Waals surface area contributed by atoms with E-state index in [1.54, 1.807) is 24.3 Å². The first-order chi connectivity index (χ1) is 16.3. The number of ether oxygens (including phenoxy) is 1. The molecule has 9 heteroatoms. The van der Waals surface area contributed by atoms with Crippen molar-refractivity contribution in [2.45, 2.75) is 30.7 Å². The summed E-state index contributed by atoms with van der Waals surface area (Å²) >= 11 is 0. The van der Waals surface area contributed by atoms with Gasteiger partial charge in [-0.25, -0.2) is 0 Å². The highest BCUT2D eigenvalue weighted by Crippen LogP contribution is 2.28. The second-order valence-electron chi connectivity index (χ2n) is 8.54. The highest BCUT2D eigenvalue weighted by molar-refractivity contribution is 7.85. The zero-order valence-electron chi connectivity index (χ0n) is 18.9. The SMILES string of the molecule is Cc1ccc(S(=O)(=O)O)cc1.O=C(N[C@H]1CN2CCC1CC2)c1ccc(Oc2ccccc2)o1. The van der Waals surface area contributed by atoms with Crippen molar-refractivity contribution in [2.75, 3.05) is 19.6 Å². The van der Waals surface area contributed by atoms with Gasteiger partial charge in [0.05, 0.1) is 4.90 Å². The first-order valence-corrected chi connectivity index (χ1v) is 12.6. The largest absolute Gasteiger partial charge is 0.426 e. The molecule has 0 unspecified atom stereocenters. The molecule has 2 N–H and O–H groups in total. The van der Waals surface area contributed by atoms with Crippen LogP contribution in [-0.2, 0) is 10.1 Å². The van der Waals surface area contributed by atoms with Gasteiger partial charge >= 0.3 is 0 Å². The molecule has 1 atom stereocenters. The lowest BCUT2D eigenvalue weighted by Gasteiger charge is -2.44. The molecule has 0 spiro atoms. The summed E-state index contributed by atoms with van der Waals surface area (Å²) in [5, 5.41) is 3.11. The van der Waals surface area contributed by atoms with Gasteiger partial charge in [0.25, 0.3) is 22.0 Å². The first kappa shape index (κ1) is 24.0. The highest BCUT2D eigenvalue weighted by Gasteiger charge is 2.35. The Bertz CT molecular complexity index is 1200. The Labute approximate surface area is 199 Å². The Kier molecular flexibility index (Phi) is 7.35. The lowest BCUT2D eigenvalue weighted by molar-refractivity contribution is 0.0603. The number of aryl methyl sites for hydroxylation is 1. The van der Waals surface area contributed by atoms with Crippen LogP contribution in [0, 0.1) is 12.8 Å². The van der Waals surface area contributed by atoms with Crippen molar-refractivity contribution in [3.05, 3.63) is 78.1 Å². The number of hydrogen-bond donors (Lipinski definition) is 2. The van der Waals surface area contributed by atoms with Crippen LogP contribution in [-0.4, -0.2) is 49.5 Å². The van der Waals surface area contributed by atoms with Gasteiger partial charge in [0, 0.05) is 18.7 Å². The van der Waals surface area contributed by atoms with Crippen LogP contribution in [0.25, 0.3) is 0 Å². The average molecular weight is 485 g/mol. The molecule has 2 bridgehead atoms. The number of amides is 1. The van der Waals surface area contributed by atoms with Crippen LogP contribution in [0.1, 0.15) is 29.0 Å². The normalized spacial score (nSPS) is 21.3. The second-order valence-corrected chi connectivity index (χ2v) is 9.96. The van der Waals surface area contributed by atoms with Crippen molar-refractivity contribution < 1.29 is 26.9 Å². The van der Waals surface area contributed by atoms with E-state index in [2.05, 4.69) is 10.2 Å². The van der Waals surface area contributed by atoms with Crippen LogP contribution in [0.2, 0.25) is 0 Å². The van der Waals surface area contributed by atoms with Gasteiger partial charge in [-0.1, -0.05) is 35.9 Å². The molecule has 180 valence electrons. The number of piperidine rings is 3. The van der Waals surface area contributed by atoms with Gasteiger partial charge in [0.15, 0.2) is 5.76 Å². The summed E-state index contributed by atoms with van der Waals surface area (Å²) in [5.74, 6) is 1.75. The van der Waals surface area contributed by atoms with Crippen molar-refractivity contribution >= 4 is 16.0 Å². The minimum atomic E-state index is -4.02. The molecule has 8 nitrogen and oxygen atoms in total. The second kappa shape index (κ2) is 10.4. The van der Waals surface area contributed by atoms with E-state index in [1.165, 1.54) is 25.0 Å². The molecule has 3 saturated heterocycles. The van der Waals surface area contributed by atoms with Gasteiger partial charge in [-0.15, -0.1) is 0 Å². The van der Waals surface area contributed by atoms with Crippen LogP contribution in [0.15, 0.2) is 76.0 Å². The summed E-state index contributed by atoms with van der Waals surface area (Å²) < 4.78 is 40.7. The molecule has 6 rings (SSSR count). The Morgan fingerprint density at radius 1 is 1.03 bits per heavy atom. The highest BCUT2D eigenvalue weighted by atomic mass is 32.2. The molecule has 2 aromatic carbocycles. The molecule has 3 aliphatic rings. The van der Waals surface area contributed by atoms with Gasteiger partial charge in [0.2, 0.25) is 0 Å². The zero-order chi connectivity index (χ0) is 24.1. The monoisotopic (exact) mass is 484 g/mol. The van der Waals surface area contributed by atoms with Gasteiger partial charge in [0.1, 0.15) is 5.75 Å². The molecular weight excluding hydrogens is 456 g/mol. The van der Waals surface area contributed by atoms with Crippen LogP contribution < -0.4 is 10.1 Å². The Morgan fingerprint density at radius 3 is 2.29 bits per heavy atom. The van der Waals surface area contributed by atoms with Crippen molar-refractivity contribution in [3.63, 3.8) is 0 Å². The number of fused-ring (bicyclic) bond motifs is 3. The summed E-state index contributed by atoms with van der Waals surface area (Å²) in [6, 6.07) is 18.9. The summed E-state index contributed by atoms with van der Waals surface area (Å²) in [5.41, 5.74) is 0.956. The number of para-hydroxylation sites is 1. The number of rotatable bonds is 5. The number of hydrogen-bond acceptors (Lipinski definition) is 6. The van der Waals surface area contributed by atoms with Crippen molar-refractivity contribution in [1.82, 2.24) is 10.2 Å². The first-order valence-electron chi connectivity index (χ1n) is 11.2. The third-order valence-corrected chi connectivity index (χ3v) is 6.93. The van der Waals surface area contributed by atoms with Crippen LogP contribution in [0.5, 0.6) is 11.7 Å². The molecule has 0 radical (unpaired) electrons. The fourth-order valence-electron chi connectivity index (χ4n) is 4.18. The van der Waals surface area contributed by atoms with E-state index in [0.29, 0.717) is 23.4 Å². The summed E-state index contributed by atoms with van der Waals surface area (Å²) in [6.07, 6.45) is 2.34. The van der Waals surface area contributed by atoms with Crippen LogP contribution in [0.3, 0.4) is 0 Å². The van der Waals surface area contributed by atoms with E-state index in [4.69, 9.17) is 13.7 Å². The molecule has 4 heterocycles. The average Bonchev–Trinajstić information content (AvgIpc) is 3.29. The predicted octanol–water partition coefficient (Wildman–Crippen LogP) is 4.14. The smallest absolute Gasteiger partial charge is 0.294 e. The maximum absolute atomic E-state index is 12.4. The van der Waals surface area contributed by atoms with Gasteiger partial charge in [-0.2, -0.15) is 8.42 Å². The Morgan fingerprint density at radius 2 is 1.71 bits per heavy atom. The molecule has 0 aliphatic carbocycles. The molecule has 3 fully saturated rings. The lowest BCUT2D eigenvalue weighted by Crippen LogP contribution is -2.57. The lowest BCUT2D eigenvalue weighted by atomic mass is 9.84. The fraction of sp³-hybridized carbons (Fsp3) is 0.320. The molecule has 1 aromatic heterocycles.